The fraction of sp³-hybridized carbons (Fsp3) is 0.200. The molecule has 1 rings (SSSR count). The first kappa shape index (κ1) is 12.8. The highest BCUT2D eigenvalue weighted by Crippen LogP contribution is 2.37. The summed E-state index contributed by atoms with van der Waals surface area (Å²) in [5, 5.41) is 8.72. The molecular formula is C10H7F3N2O2. The number of carbonyl (C=O) groups excluding carboxylic acids is 1. The van der Waals surface area contributed by atoms with Gasteiger partial charge in [0.05, 0.1) is 18.2 Å². The number of methoxy groups -OCH3 is 1. The molecule has 0 spiro atoms. The average molecular weight is 244 g/mol. The fourth-order valence-corrected chi connectivity index (χ4v) is 1.34. The maximum Gasteiger partial charge on any atom is 0.417 e. The number of alkyl halides is 3. The van der Waals surface area contributed by atoms with Gasteiger partial charge in [-0.05, 0) is 12.1 Å². The van der Waals surface area contributed by atoms with Crippen molar-refractivity contribution >= 4 is 5.91 Å². The highest BCUT2D eigenvalue weighted by atomic mass is 19.4. The van der Waals surface area contributed by atoms with E-state index < -0.39 is 29.0 Å². The Morgan fingerprint density at radius 1 is 1.47 bits per heavy atom. The topological polar surface area (TPSA) is 76.1 Å². The van der Waals surface area contributed by atoms with Crippen molar-refractivity contribution in [3.63, 3.8) is 0 Å². The Bertz CT molecular complexity index is 503. The first-order chi connectivity index (χ1) is 7.82. The van der Waals surface area contributed by atoms with Gasteiger partial charge in [-0.25, -0.2) is 0 Å². The normalized spacial score (nSPS) is 10.8. The second kappa shape index (κ2) is 4.33. The molecule has 0 aliphatic carbocycles. The maximum absolute atomic E-state index is 12.6. The summed E-state index contributed by atoms with van der Waals surface area (Å²) < 4.78 is 42.3. The lowest BCUT2D eigenvalue weighted by atomic mass is 10.0. The first-order valence-corrected chi connectivity index (χ1v) is 4.31. The molecule has 2 N–H and O–H groups in total. The van der Waals surface area contributed by atoms with Gasteiger partial charge in [-0.1, -0.05) is 0 Å². The van der Waals surface area contributed by atoms with Gasteiger partial charge in [-0.3, -0.25) is 4.79 Å². The van der Waals surface area contributed by atoms with Gasteiger partial charge in [0.1, 0.15) is 17.4 Å². The Morgan fingerprint density at radius 3 is 2.41 bits per heavy atom. The van der Waals surface area contributed by atoms with Crippen LogP contribution in [-0.2, 0) is 6.18 Å². The fourth-order valence-electron chi connectivity index (χ4n) is 1.34. The Morgan fingerprint density at radius 2 is 2.06 bits per heavy atom. The molecule has 0 aromatic heterocycles. The molecule has 4 nitrogen and oxygen atoms in total. The van der Waals surface area contributed by atoms with Crippen LogP contribution in [0.1, 0.15) is 21.5 Å². The number of ether oxygens (including phenoxy) is 1. The molecule has 0 fully saturated rings. The van der Waals surface area contributed by atoms with E-state index in [4.69, 9.17) is 11.0 Å². The number of rotatable bonds is 2. The van der Waals surface area contributed by atoms with E-state index in [0.717, 1.165) is 13.2 Å². The van der Waals surface area contributed by atoms with E-state index in [1.807, 2.05) is 0 Å². The van der Waals surface area contributed by atoms with Crippen molar-refractivity contribution in [3.8, 4) is 11.8 Å². The molecule has 90 valence electrons. The predicted molar refractivity (Wildman–Crippen MR) is 51.2 cm³/mol. The quantitative estimate of drug-likeness (QED) is 0.859. The molecular weight excluding hydrogens is 237 g/mol. The van der Waals surface area contributed by atoms with E-state index in [1.54, 1.807) is 0 Å². The Hall–Kier alpha value is -2.23. The monoisotopic (exact) mass is 244 g/mol. The van der Waals surface area contributed by atoms with Crippen LogP contribution in [0, 0.1) is 11.3 Å². The van der Waals surface area contributed by atoms with Crippen molar-refractivity contribution in [3.05, 3.63) is 28.8 Å². The van der Waals surface area contributed by atoms with Crippen LogP contribution >= 0.6 is 0 Å². The largest absolute Gasteiger partial charge is 0.495 e. The summed E-state index contributed by atoms with van der Waals surface area (Å²) in [5.74, 6) is -1.43. The van der Waals surface area contributed by atoms with E-state index in [2.05, 4.69) is 4.74 Å². The second-order valence-electron chi connectivity index (χ2n) is 3.04. The summed E-state index contributed by atoms with van der Waals surface area (Å²) in [6, 6.07) is 2.87. The second-order valence-corrected chi connectivity index (χ2v) is 3.04. The molecule has 0 unspecified atom stereocenters. The zero-order chi connectivity index (χ0) is 13.2. The molecule has 1 aromatic rings. The molecule has 1 amide bonds. The van der Waals surface area contributed by atoms with Gasteiger partial charge in [0.25, 0.3) is 5.91 Å². The summed E-state index contributed by atoms with van der Waals surface area (Å²) in [7, 11) is 1.06. The molecule has 17 heavy (non-hydrogen) atoms. The SMILES string of the molecule is COc1c(C(N)=O)ccc(C(F)(F)F)c1C#N. The molecule has 0 aliphatic rings. The van der Waals surface area contributed by atoms with Gasteiger partial charge in [0, 0.05) is 0 Å². The highest BCUT2D eigenvalue weighted by molar-refractivity contribution is 5.96. The number of carbonyl (C=O) groups is 1. The molecule has 0 radical (unpaired) electrons. The number of amides is 1. The van der Waals surface area contributed by atoms with Crippen LogP contribution in [0.5, 0.6) is 5.75 Å². The summed E-state index contributed by atoms with van der Waals surface area (Å²) in [5.41, 5.74) is 2.78. The minimum Gasteiger partial charge on any atom is -0.495 e. The predicted octanol–water partition coefficient (Wildman–Crippen LogP) is 1.68. The third-order valence-corrected chi connectivity index (χ3v) is 2.04. The van der Waals surface area contributed by atoms with E-state index in [0.29, 0.717) is 6.07 Å². The van der Waals surface area contributed by atoms with Crippen molar-refractivity contribution in [2.45, 2.75) is 6.18 Å². The molecule has 0 aliphatic heterocycles. The van der Waals surface area contributed by atoms with E-state index in [-0.39, 0.29) is 5.56 Å². The van der Waals surface area contributed by atoms with Gasteiger partial charge < -0.3 is 10.5 Å². The molecule has 0 saturated carbocycles. The van der Waals surface area contributed by atoms with E-state index >= 15 is 0 Å². The van der Waals surface area contributed by atoms with Gasteiger partial charge in [0.15, 0.2) is 0 Å². The lowest BCUT2D eigenvalue weighted by molar-refractivity contribution is -0.137. The lowest BCUT2D eigenvalue weighted by Crippen LogP contribution is -2.16. The van der Waals surface area contributed by atoms with Crippen molar-refractivity contribution < 1.29 is 22.7 Å². The van der Waals surface area contributed by atoms with Gasteiger partial charge in [-0.15, -0.1) is 0 Å². The van der Waals surface area contributed by atoms with Crippen LogP contribution in [0.4, 0.5) is 13.2 Å². The highest BCUT2D eigenvalue weighted by Gasteiger charge is 2.36. The number of nitrogens with two attached hydrogens (primary N) is 1. The van der Waals surface area contributed by atoms with Crippen molar-refractivity contribution in [1.82, 2.24) is 0 Å². The van der Waals surface area contributed by atoms with Crippen molar-refractivity contribution in [1.29, 1.82) is 5.26 Å². The summed E-state index contributed by atoms with van der Waals surface area (Å²) in [6.45, 7) is 0. The van der Waals surface area contributed by atoms with Crippen molar-refractivity contribution in [2.24, 2.45) is 5.73 Å². The van der Waals surface area contributed by atoms with Crippen LogP contribution in [-0.4, -0.2) is 13.0 Å². The summed E-state index contributed by atoms with van der Waals surface area (Å²) in [6.07, 6.45) is -4.70. The maximum atomic E-state index is 12.6. The first-order valence-electron chi connectivity index (χ1n) is 4.31. The minimum atomic E-state index is -4.70. The van der Waals surface area contributed by atoms with Gasteiger partial charge >= 0.3 is 6.18 Å². The molecule has 0 saturated heterocycles. The standard InChI is InChI=1S/C10H7F3N2O2/c1-17-8-5(9(15)16)2-3-7(6(8)4-14)10(11,12)13/h2-3H,1H3,(H2,15,16). The van der Waals surface area contributed by atoms with E-state index in [9.17, 15) is 18.0 Å². The number of nitriles is 1. The number of hydrogen-bond donors (Lipinski definition) is 1. The number of benzene rings is 1. The third-order valence-electron chi connectivity index (χ3n) is 2.04. The molecule has 1 aromatic carbocycles. The van der Waals surface area contributed by atoms with Crippen LogP contribution in [0.25, 0.3) is 0 Å². The zero-order valence-electron chi connectivity index (χ0n) is 8.63. The average Bonchev–Trinajstić information content (AvgIpc) is 2.25. The Kier molecular flexibility index (Phi) is 3.27. The minimum absolute atomic E-state index is 0.267. The molecule has 0 atom stereocenters. The molecule has 0 bridgehead atoms. The van der Waals surface area contributed by atoms with Crippen molar-refractivity contribution in [2.75, 3.05) is 7.11 Å². The Balaban J connectivity index is 3.62. The third kappa shape index (κ3) is 2.30. The Labute approximate surface area is 94.4 Å². The van der Waals surface area contributed by atoms with E-state index in [1.165, 1.54) is 6.07 Å². The van der Waals surface area contributed by atoms with Crippen LogP contribution in [0.3, 0.4) is 0 Å². The number of nitrogens with zero attached hydrogens (tertiary/aromatic N) is 1. The van der Waals surface area contributed by atoms with Crippen LogP contribution in [0.15, 0.2) is 12.1 Å². The summed E-state index contributed by atoms with van der Waals surface area (Å²) in [4.78, 5) is 11.0. The molecule has 7 heteroatoms. The zero-order valence-corrected chi connectivity index (χ0v) is 8.63. The number of primary amides is 1. The number of halogens is 3. The summed E-state index contributed by atoms with van der Waals surface area (Å²) >= 11 is 0. The van der Waals surface area contributed by atoms with Gasteiger partial charge in [-0.2, -0.15) is 18.4 Å². The van der Waals surface area contributed by atoms with Crippen LogP contribution in [0.2, 0.25) is 0 Å². The molecule has 0 heterocycles. The lowest BCUT2D eigenvalue weighted by Gasteiger charge is -2.13. The smallest absolute Gasteiger partial charge is 0.417 e. The number of hydrogen-bond acceptors (Lipinski definition) is 3. The van der Waals surface area contributed by atoms with Gasteiger partial charge in [0.2, 0.25) is 0 Å². The van der Waals surface area contributed by atoms with Crippen LogP contribution < -0.4 is 10.5 Å².